The normalized spacial score (nSPS) is 15.6. The number of hydrogen-bond donors (Lipinski definition) is 0. The van der Waals surface area contributed by atoms with Crippen LogP contribution in [0.25, 0.3) is 11.0 Å². The lowest BCUT2D eigenvalue weighted by atomic mass is 9.84. The summed E-state index contributed by atoms with van der Waals surface area (Å²) in [5.74, 6) is 0.729. The van der Waals surface area contributed by atoms with E-state index in [4.69, 9.17) is 0 Å². The molecule has 3 aromatic rings. The van der Waals surface area contributed by atoms with Crippen molar-refractivity contribution in [3.8, 4) is 0 Å². The first-order chi connectivity index (χ1) is 12.8. The number of aromatic nitrogens is 2. The molecule has 4 rings (SSSR count). The van der Waals surface area contributed by atoms with E-state index in [2.05, 4.69) is 43.3 Å². The number of aryl methyl sites for hydroxylation is 1. The summed E-state index contributed by atoms with van der Waals surface area (Å²) in [6.07, 6.45) is 7.72. The maximum Gasteiger partial charge on any atom is 0.329 e. The minimum atomic E-state index is 0.101. The second-order valence-electron chi connectivity index (χ2n) is 7.59. The van der Waals surface area contributed by atoms with E-state index in [1.54, 1.807) is 0 Å². The second-order valence-corrected chi connectivity index (χ2v) is 7.59. The summed E-state index contributed by atoms with van der Waals surface area (Å²) < 4.78 is 3.83. The Bertz CT molecular complexity index is 927. The quantitative estimate of drug-likeness (QED) is 0.614. The standard InChI is InChI=1S/C23H28N2O/c1-2-16-24-21-10-6-7-11-22(21)25(23(24)26)17-18-12-14-20(15-13-18)19-8-4-3-5-9-19/h6-7,10-15,19H,2-5,8-9,16-17H2,1H3. The molecule has 1 aromatic heterocycles. The van der Waals surface area contributed by atoms with E-state index >= 15 is 0 Å². The number of rotatable bonds is 5. The van der Waals surface area contributed by atoms with Gasteiger partial charge in [0.2, 0.25) is 0 Å². The first kappa shape index (κ1) is 17.1. The lowest BCUT2D eigenvalue weighted by molar-refractivity contribution is 0.443. The van der Waals surface area contributed by atoms with Gasteiger partial charge in [-0.05, 0) is 48.4 Å². The third kappa shape index (κ3) is 3.23. The number of benzene rings is 2. The fourth-order valence-electron chi connectivity index (χ4n) is 4.38. The van der Waals surface area contributed by atoms with Gasteiger partial charge in [-0.2, -0.15) is 0 Å². The van der Waals surface area contributed by atoms with Crippen molar-refractivity contribution in [1.29, 1.82) is 0 Å². The highest BCUT2D eigenvalue weighted by Crippen LogP contribution is 2.32. The Morgan fingerprint density at radius 3 is 2.19 bits per heavy atom. The van der Waals surface area contributed by atoms with Crippen LogP contribution in [-0.2, 0) is 13.1 Å². The molecule has 0 atom stereocenters. The molecular formula is C23H28N2O. The van der Waals surface area contributed by atoms with Crippen molar-refractivity contribution in [2.75, 3.05) is 0 Å². The molecule has 0 aliphatic heterocycles. The van der Waals surface area contributed by atoms with Crippen molar-refractivity contribution in [3.05, 3.63) is 70.1 Å². The first-order valence-corrected chi connectivity index (χ1v) is 10.0. The molecule has 1 heterocycles. The summed E-state index contributed by atoms with van der Waals surface area (Å²) in [5.41, 5.74) is 4.84. The van der Waals surface area contributed by atoms with Crippen LogP contribution in [0.5, 0.6) is 0 Å². The van der Waals surface area contributed by atoms with E-state index in [9.17, 15) is 4.79 Å². The van der Waals surface area contributed by atoms with Crippen LogP contribution in [0, 0.1) is 0 Å². The molecule has 0 saturated heterocycles. The van der Waals surface area contributed by atoms with Crippen LogP contribution in [-0.4, -0.2) is 9.13 Å². The zero-order valence-corrected chi connectivity index (χ0v) is 15.7. The number of hydrogen-bond acceptors (Lipinski definition) is 1. The molecule has 26 heavy (non-hydrogen) atoms. The Morgan fingerprint density at radius 1 is 0.885 bits per heavy atom. The van der Waals surface area contributed by atoms with Gasteiger partial charge in [-0.15, -0.1) is 0 Å². The Kier molecular flexibility index (Phi) is 4.96. The van der Waals surface area contributed by atoms with Gasteiger partial charge < -0.3 is 0 Å². The number of imidazole rings is 1. The highest BCUT2D eigenvalue weighted by Gasteiger charge is 2.16. The van der Waals surface area contributed by atoms with Gasteiger partial charge in [0.1, 0.15) is 0 Å². The van der Waals surface area contributed by atoms with Gasteiger partial charge in [0.05, 0.1) is 17.6 Å². The average Bonchev–Trinajstić information content (AvgIpc) is 2.96. The van der Waals surface area contributed by atoms with Gasteiger partial charge in [-0.1, -0.05) is 62.6 Å². The van der Waals surface area contributed by atoms with Crippen molar-refractivity contribution < 1.29 is 0 Å². The Hall–Kier alpha value is -2.29. The van der Waals surface area contributed by atoms with E-state index < -0.39 is 0 Å². The van der Waals surface area contributed by atoms with Crippen molar-refractivity contribution in [2.45, 2.75) is 64.5 Å². The largest absolute Gasteiger partial charge is 0.329 e. The Morgan fingerprint density at radius 2 is 1.54 bits per heavy atom. The minimum absolute atomic E-state index is 0.101. The third-order valence-electron chi connectivity index (χ3n) is 5.77. The van der Waals surface area contributed by atoms with E-state index in [1.807, 2.05) is 21.3 Å². The molecule has 0 bridgehead atoms. The third-order valence-corrected chi connectivity index (χ3v) is 5.77. The zero-order chi connectivity index (χ0) is 17.9. The van der Waals surface area contributed by atoms with Crippen molar-refractivity contribution >= 4 is 11.0 Å². The minimum Gasteiger partial charge on any atom is -0.292 e. The fraction of sp³-hybridized carbons (Fsp3) is 0.435. The highest BCUT2D eigenvalue weighted by molar-refractivity contribution is 5.76. The monoisotopic (exact) mass is 348 g/mol. The highest BCUT2D eigenvalue weighted by atomic mass is 16.1. The van der Waals surface area contributed by atoms with Crippen LogP contribution < -0.4 is 5.69 Å². The number of fused-ring (bicyclic) bond motifs is 1. The van der Waals surface area contributed by atoms with Crippen LogP contribution in [0.1, 0.15) is 62.5 Å². The van der Waals surface area contributed by atoms with Crippen LogP contribution >= 0.6 is 0 Å². The summed E-state index contributed by atoms with van der Waals surface area (Å²) in [4.78, 5) is 12.9. The fourth-order valence-corrected chi connectivity index (χ4v) is 4.38. The van der Waals surface area contributed by atoms with Gasteiger partial charge in [0, 0.05) is 6.54 Å². The topological polar surface area (TPSA) is 26.9 Å². The molecule has 0 unspecified atom stereocenters. The molecule has 0 radical (unpaired) electrons. The summed E-state index contributed by atoms with van der Waals surface area (Å²) in [7, 11) is 0. The molecule has 0 amide bonds. The molecule has 1 saturated carbocycles. The summed E-state index contributed by atoms with van der Waals surface area (Å²) in [6.45, 7) is 3.52. The lowest BCUT2D eigenvalue weighted by Gasteiger charge is -2.22. The van der Waals surface area contributed by atoms with E-state index in [-0.39, 0.29) is 5.69 Å². The zero-order valence-electron chi connectivity index (χ0n) is 15.7. The molecule has 1 fully saturated rings. The predicted molar refractivity (Wildman–Crippen MR) is 108 cm³/mol. The van der Waals surface area contributed by atoms with Gasteiger partial charge in [0.15, 0.2) is 0 Å². The molecule has 1 aliphatic rings. The van der Waals surface area contributed by atoms with E-state index in [0.717, 1.165) is 29.9 Å². The SMILES string of the molecule is CCCn1c(=O)n(Cc2ccc(C3CCCCC3)cc2)c2ccccc21. The molecule has 136 valence electrons. The smallest absolute Gasteiger partial charge is 0.292 e. The Labute approximate surface area is 155 Å². The van der Waals surface area contributed by atoms with Gasteiger partial charge in [-0.25, -0.2) is 4.79 Å². The maximum absolute atomic E-state index is 12.9. The van der Waals surface area contributed by atoms with Crippen LogP contribution in [0.2, 0.25) is 0 Å². The summed E-state index contributed by atoms with van der Waals surface area (Å²) in [6, 6.07) is 17.1. The lowest BCUT2D eigenvalue weighted by Crippen LogP contribution is -2.24. The molecule has 3 nitrogen and oxygen atoms in total. The summed E-state index contributed by atoms with van der Waals surface area (Å²) in [5, 5.41) is 0. The second kappa shape index (κ2) is 7.53. The molecule has 1 aliphatic carbocycles. The molecule has 2 aromatic carbocycles. The van der Waals surface area contributed by atoms with E-state index in [1.165, 1.54) is 43.2 Å². The first-order valence-electron chi connectivity index (χ1n) is 10.0. The molecule has 0 spiro atoms. The van der Waals surface area contributed by atoms with Crippen molar-refractivity contribution in [1.82, 2.24) is 9.13 Å². The average molecular weight is 348 g/mol. The predicted octanol–water partition coefficient (Wildman–Crippen LogP) is 5.31. The molecule has 3 heteroatoms. The Balaban J connectivity index is 1.63. The number of para-hydroxylation sites is 2. The van der Waals surface area contributed by atoms with Crippen molar-refractivity contribution in [3.63, 3.8) is 0 Å². The van der Waals surface area contributed by atoms with E-state index in [0.29, 0.717) is 6.54 Å². The summed E-state index contributed by atoms with van der Waals surface area (Å²) >= 11 is 0. The van der Waals surface area contributed by atoms with Crippen LogP contribution in [0.3, 0.4) is 0 Å². The van der Waals surface area contributed by atoms with Crippen LogP contribution in [0.4, 0.5) is 0 Å². The maximum atomic E-state index is 12.9. The van der Waals surface area contributed by atoms with Crippen molar-refractivity contribution in [2.24, 2.45) is 0 Å². The van der Waals surface area contributed by atoms with Gasteiger partial charge in [0.25, 0.3) is 0 Å². The van der Waals surface area contributed by atoms with Crippen LogP contribution in [0.15, 0.2) is 53.3 Å². The van der Waals surface area contributed by atoms with Gasteiger partial charge in [-0.3, -0.25) is 9.13 Å². The van der Waals surface area contributed by atoms with Gasteiger partial charge >= 0.3 is 5.69 Å². The number of nitrogens with zero attached hydrogens (tertiary/aromatic N) is 2. The molecular weight excluding hydrogens is 320 g/mol. The molecule has 0 N–H and O–H groups in total.